The zero-order chi connectivity index (χ0) is 25.0. The van der Waals surface area contributed by atoms with E-state index < -0.39 is 0 Å². The summed E-state index contributed by atoms with van der Waals surface area (Å²) < 4.78 is 0. The number of hydrogen-bond acceptors (Lipinski definition) is 7. The Balaban J connectivity index is 1.81. The van der Waals surface area contributed by atoms with Gasteiger partial charge in [0.05, 0.1) is 22.8 Å². The highest BCUT2D eigenvalue weighted by Crippen LogP contribution is 2.25. The first-order valence-corrected chi connectivity index (χ1v) is 11.1. The highest BCUT2D eigenvalue weighted by Gasteiger charge is 2.17. The number of carbonyl (C=O) groups is 1. The standard InChI is InChI=1S/C27H29N5O3/c1-20(29-32(23-14-7-5-8-15-23)24-16-9-6-10-17-24)21(2)30-35-19-22-13-11-12-18-25(22)26(31-34-4)27(33)28-3/h5-18H,19H2,1-4H3,(H,28,33)/b29-20+,30-21+,31-26-. The van der Waals surface area contributed by atoms with Crippen molar-refractivity contribution >= 4 is 34.4 Å². The van der Waals surface area contributed by atoms with Crippen LogP contribution in [0.25, 0.3) is 0 Å². The Hall–Kier alpha value is -4.46. The van der Waals surface area contributed by atoms with Crippen LogP contribution in [0.5, 0.6) is 0 Å². The van der Waals surface area contributed by atoms with E-state index in [1.54, 1.807) is 6.07 Å². The molecule has 0 saturated carbocycles. The third-order valence-electron chi connectivity index (χ3n) is 5.09. The fourth-order valence-corrected chi connectivity index (χ4v) is 3.19. The minimum absolute atomic E-state index is 0.140. The monoisotopic (exact) mass is 471 g/mol. The second kappa shape index (κ2) is 12.7. The Bertz CT molecular complexity index is 1170. The highest BCUT2D eigenvalue weighted by atomic mass is 16.6. The molecule has 3 rings (SSSR count). The summed E-state index contributed by atoms with van der Waals surface area (Å²) >= 11 is 0. The number of likely N-dealkylation sites (N-methyl/N-ethyl adjacent to an activating group) is 1. The summed E-state index contributed by atoms with van der Waals surface area (Å²) in [7, 11) is 2.93. The van der Waals surface area contributed by atoms with E-state index in [1.165, 1.54) is 14.2 Å². The second-order valence-corrected chi connectivity index (χ2v) is 7.48. The van der Waals surface area contributed by atoms with Crippen molar-refractivity contribution in [3.8, 4) is 0 Å². The molecule has 0 bridgehead atoms. The van der Waals surface area contributed by atoms with Gasteiger partial charge in [0.1, 0.15) is 13.7 Å². The first-order chi connectivity index (χ1) is 17.0. The number of oxime groups is 2. The van der Waals surface area contributed by atoms with Crippen LogP contribution in [-0.4, -0.2) is 37.2 Å². The lowest BCUT2D eigenvalue weighted by molar-refractivity contribution is -0.114. The quantitative estimate of drug-likeness (QED) is 0.337. The highest BCUT2D eigenvalue weighted by molar-refractivity contribution is 6.45. The van der Waals surface area contributed by atoms with Gasteiger partial charge in [0.15, 0.2) is 5.71 Å². The molecule has 3 aromatic rings. The smallest absolute Gasteiger partial charge is 0.273 e. The number of amides is 1. The molecule has 0 aliphatic heterocycles. The van der Waals surface area contributed by atoms with E-state index in [2.05, 4.69) is 15.6 Å². The van der Waals surface area contributed by atoms with Crippen molar-refractivity contribution in [3.05, 3.63) is 96.1 Å². The maximum Gasteiger partial charge on any atom is 0.273 e. The maximum absolute atomic E-state index is 12.3. The molecule has 0 spiro atoms. The molecule has 0 fully saturated rings. The minimum atomic E-state index is -0.358. The van der Waals surface area contributed by atoms with Gasteiger partial charge in [-0.15, -0.1) is 0 Å². The molecule has 1 N–H and O–H groups in total. The first-order valence-electron chi connectivity index (χ1n) is 11.1. The number of para-hydroxylation sites is 2. The Morgan fingerprint density at radius 3 is 1.97 bits per heavy atom. The number of nitrogens with one attached hydrogen (secondary N) is 1. The first kappa shape index (κ1) is 25.2. The Morgan fingerprint density at radius 2 is 1.40 bits per heavy atom. The van der Waals surface area contributed by atoms with Crippen molar-refractivity contribution in [3.63, 3.8) is 0 Å². The fraction of sp³-hybridized carbons (Fsp3) is 0.185. The van der Waals surface area contributed by atoms with E-state index in [1.807, 2.05) is 97.7 Å². The van der Waals surface area contributed by atoms with E-state index in [0.29, 0.717) is 17.0 Å². The Morgan fingerprint density at radius 1 is 0.829 bits per heavy atom. The minimum Gasteiger partial charge on any atom is -0.398 e. The van der Waals surface area contributed by atoms with Crippen LogP contribution in [0.4, 0.5) is 11.4 Å². The zero-order valence-corrected chi connectivity index (χ0v) is 20.3. The van der Waals surface area contributed by atoms with Crippen LogP contribution >= 0.6 is 0 Å². The van der Waals surface area contributed by atoms with Crippen molar-refractivity contribution in [2.75, 3.05) is 19.2 Å². The normalized spacial score (nSPS) is 12.2. The Labute approximate surface area is 205 Å². The van der Waals surface area contributed by atoms with Gasteiger partial charge in [0.2, 0.25) is 0 Å². The van der Waals surface area contributed by atoms with Crippen LogP contribution in [0.15, 0.2) is 100 Å². The summed E-state index contributed by atoms with van der Waals surface area (Å²) in [4.78, 5) is 22.7. The van der Waals surface area contributed by atoms with Gasteiger partial charge in [-0.2, -0.15) is 5.10 Å². The molecule has 0 aromatic heterocycles. The van der Waals surface area contributed by atoms with Gasteiger partial charge in [0, 0.05) is 18.2 Å². The lowest BCUT2D eigenvalue weighted by Crippen LogP contribution is -2.29. The van der Waals surface area contributed by atoms with Crippen LogP contribution in [0.3, 0.4) is 0 Å². The van der Waals surface area contributed by atoms with Gasteiger partial charge in [-0.1, -0.05) is 71.0 Å². The second-order valence-electron chi connectivity index (χ2n) is 7.48. The lowest BCUT2D eigenvalue weighted by Gasteiger charge is -2.20. The molecule has 0 heterocycles. The molecule has 0 saturated heterocycles. The van der Waals surface area contributed by atoms with E-state index in [4.69, 9.17) is 14.8 Å². The maximum atomic E-state index is 12.3. The molecule has 0 radical (unpaired) electrons. The van der Waals surface area contributed by atoms with E-state index >= 15 is 0 Å². The van der Waals surface area contributed by atoms with Crippen molar-refractivity contribution in [2.24, 2.45) is 15.4 Å². The molecule has 0 atom stereocenters. The number of hydrazone groups is 1. The number of rotatable bonds is 10. The topological polar surface area (TPSA) is 87.9 Å². The number of nitrogens with zero attached hydrogens (tertiary/aromatic N) is 4. The fourth-order valence-electron chi connectivity index (χ4n) is 3.19. The van der Waals surface area contributed by atoms with Crippen molar-refractivity contribution < 1.29 is 14.5 Å². The van der Waals surface area contributed by atoms with Crippen LogP contribution in [-0.2, 0) is 21.1 Å². The average molecular weight is 472 g/mol. The molecule has 1 amide bonds. The summed E-state index contributed by atoms with van der Waals surface area (Å²) in [6.45, 7) is 3.85. The van der Waals surface area contributed by atoms with Crippen molar-refractivity contribution in [2.45, 2.75) is 20.5 Å². The van der Waals surface area contributed by atoms with Crippen LogP contribution in [0.2, 0.25) is 0 Å². The predicted molar refractivity (Wildman–Crippen MR) is 140 cm³/mol. The largest absolute Gasteiger partial charge is 0.398 e. The number of hydrogen-bond donors (Lipinski definition) is 1. The van der Waals surface area contributed by atoms with Gasteiger partial charge in [-0.25, -0.2) is 5.01 Å². The molecular formula is C27H29N5O3. The number of benzene rings is 3. The van der Waals surface area contributed by atoms with Gasteiger partial charge in [-0.05, 0) is 38.1 Å². The molecule has 8 nitrogen and oxygen atoms in total. The predicted octanol–water partition coefficient (Wildman–Crippen LogP) is 4.89. The zero-order valence-electron chi connectivity index (χ0n) is 20.3. The molecule has 8 heteroatoms. The molecule has 3 aromatic carbocycles. The third kappa shape index (κ3) is 6.77. The van der Waals surface area contributed by atoms with E-state index in [0.717, 1.165) is 16.9 Å². The molecular weight excluding hydrogens is 442 g/mol. The molecule has 35 heavy (non-hydrogen) atoms. The molecule has 0 aliphatic carbocycles. The van der Waals surface area contributed by atoms with Crippen LogP contribution in [0.1, 0.15) is 25.0 Å². The molecule has 180 valence electrons. The van der Waals surface area contributed by atoms with Crippen LogP contribution < -0.4 is 10.3 Å². The van der Waals surface area contributed by atoms with Gasteiger partial charge < -0.3 is 15.0 Å². The van der Waals surface area contributed by atoms with Crippen molar-refractivity contribution in [1.29, 1.82) is 0 Å². The SMILES string of the molecule is CNC(=O)/C(=N\OC)c1ccccc1CO/N=C(C)/C(C)=N/N(c1ccccc1)c1ccccc1. The van der Waals surface area contributed by atoms with Crippen LogP contribution in [0, 0.1) is 0 Å². The average Bonchev–Trinajstić information content (AvgIpc) is 2.91. The number of carbonyl (C=O) groups excluding carboxylic acids is 1. The summed E-state index contributed by atoms with van der Waals surface area (Å²) in [5.41, 5.74) is 4.68. The molecule has 0 unspecified atom stereocenters. The summed E-state index contributed by atoms with van der Waals surface area (Å²) in [6.07, 6.45) is 0. The lowest BCUT2D eigenvalue weighted by atomic mass is 10.0. The van der Waals surface area contributed by atoms with Crippen molar-refractivity contribution in [1.82, 2.24) is 5.32 Å². The molecule has 0 aliphatic rings. The third-order valence-corrected chi connectivity index (χ3v) is 5.09. The van der Waals surface area contributed by atoms with Gasteiger partial charge >= 0.3 is 0 Å². The van der Waals surface area contributed by atoms with Gasteiger partial charge in [-0.3, -0.25) is 4.79 Å². The Kier molecular flexibility index (Phi) is 9.13. The van der Waals surface area contributed by atoms with Gasteiger partial charge in [0.25, 0.3) is 5.91 Å². The van der Waals surface area contributed by atoms with E-state index in [9.17, 15) is 4.79 Å². The summed E-state index contributed by atoms with van der Waals surface area (Å²) in [5, 5.41) is 17.4. The number of anilines is 2. The van der Waals surface area contributed by atoms with E-state index in [-0.39, 0.29) is 18.2 Å². The summed E-state index contributed by atoms with van der Waals surface area (Å²) in [6, 6.07) is 27.1. The summed E-state index contributed by atoms with van der Waals surface area (Å²) in [5.74, 6) is -0.358.